The molecule has 0 heterocycles. The molecule has 0 unspecified atom stereocenters. The van der Waals surface area contributed by atoms with E-state index in [9.17, 15) is 14.7 Å². The molecule has 0 bridgehead atoms. The molecule has 11 heavy (non-hydrogen) atoms. The molecule has 0 rings (SSSR count). The predicted octanol–water partition coefficient (Wildman–Crippen LogP) is -7.99. The van der Waals surface area contributed by atoms with Gasteiger partial charge in [-0.05, 0) is 0 Å². The first kappa shape index (κ1) is 30.8. The minimum Gasteiger partial charge on any atom is -0.548 e. The van der Waals surface area contributed by atoms with E-state index in [1.165, 1.54) is 0 Å². The Hall–Kier alpha value is -0.180. The molecule has 0 aliphatic carbocycles. The SMILES string of the molecule is O.O.O.O=CNCC(=O)[O-].[Na+]. The molecule has 0 atom stereocenters. The summed E-state index contributed by atoms with van der Waals surface area (Å²) < 4.78 is 0. The van der Waals surface area contributed by atoms with Gasteiger partial charge in [0.2, 0.25) is 6.41 Å². The monoisotopic (exact) mass is 179 g/mol. The third-order valence-corrected chi connectivity index (χ3v) is 0.330. The summed E-state index contributed by atoms with van der Waals surface area (Å²) in [5.41, 5.74) is 0. The fourth-order valence-corrected chi connectivity index (χ4v) is 0.125. The maximum Gasteiger partial charge on any atom is 1.00 e. The molecule has 0 radical (unpaired) electrons. The van der Waals surface area contributed by atoms with Crippen molar-refractivity contribution in [1.82, 2.24) is 5.32 Å². The maximum atomic E-state index is 9.43. The third-order valence-electron chi connectivity index (χ3n) is 0.330. The normalized spacial score (nSPS) is 4.73. The van der Waals surface area contributed by atoms with E-state index in [1.807, 2.05) is 5.32 Å². The van der Waals surface area contributed by atoms with E-state index in [0.717, 1.165) is 0 Å². The molecule has 0 aliphatic rings. The number of hydrogen-bond donors (Lipinski definition) is 1. The fraction of sp³-hybridized carbons (Fsp3) is 0.333. The standard InChI is InChI=1S/C3H5NO3.Na.3H2O/c5-2-4-1-3(6)7;;;;/h2H,1H2,(H,4,5)(H,6,7);;3*1H2/q;+1;;;/p-1. The van der Waals surface area contributed by atoms with Crippen LogP contribution in [0.25, 0.3) is 0 Å². The zero-order valence-electron chi connectivity index (χ0n) is 6.01. The smallest absolute Gasteiger partial charge is 0.548 e. The van der Waals surface area contributed by atoms with Crippen LogP contribution in [0.15, 0.2) is 0 Å². The first-order chi connectivity index (χ1) is 3.27. The summed E-state index contributed by atoms with van der Waals surface area (Å²) >= 11 is 0. The van der Waals surface area contributed by atoms with Gasteiger partial charge in [-0.15, -0.1) is 0 Å². The van der Waals surface area contributed by atoms with E-state index >= 15 is 0 Å². The largest absolute Gasteiger partial charge is 1.00 e. The van der Waals surface area contributed by atoms with Gasteiger partial charge in [0.1, 0.15) is 0 Å². The number of amides is 1. The van der Waals surface area contributed by atoms with Crippen molar-refractivity contribution in [1.29, 1.82) is 0 Å². The molecular weight excluding hydrogens is 169 g/mol. The van der Waals surface area contributed by atoms with Crippen LogP contribution in [-0.2, 0) is 9.59 Å². The summed E-state index contributed by atoms with van der Waals surface area (Å²) in [6.45, 7) is -0.413. The first-order valence-electron chi connectivity index (χ1n) is 1.64. The van der Waals surface area contributed by atoms with Gasteiger partial charge in [0.05, 0.1) is 12.5 Å². The Kier molecular flexibility index (Phi) is 63.2. The van der Waals surface area contributed by atoms with Crippen molar-refractivity contribution in [3.8, 4) is 0 Å². The van der Waals surface area contributed by atoms with Crippen LogP contribution in [0.4, 0.5) is 0 Å². The summed E-state index contributed by atoms with van der Waals surface area (Å²) in [6, 6.07) is 0. The van der Waals surface area contributed by atoms with Crippen molar-refractivity contribution >= 4 is 12.4 Å². The minimum absolute atomic E-state index is 0. The summed E-state index contributed by atoms with van der Waals surface area (Å²) in [4.78, 5) is 18.7. The van der Waals surface area contributed by atoms with E-state index in [0.29, 0.717) is 6.41 Å². The fourth-order valence-electron chi connectivity index (χ4n) is 0.125. The zero-order valence-corrected chi connectivity index (χ0v) is 8.01. The average molecular weight is 179 g/mol. The van der Waals surface area contributed by atoms with Gasteiger partial charge in [-0.1, -0.05) is 0 Å². The van der Waals surface area contributed by atoms with Gasteiger partial charge in [0.25, 0.3) is 0 Å². The van der Waals surface area contributed by atoms with E-state index in [4.69, 9.17) is 0 Å². The Labute approximate surface area is 85.0 Å². The van der Waals surface area contributed by atoms with Crippen molar-refractivity contribution < 1.29 is 60.7 Å². The minimum atomic E-state index is -1.29. The third kappa shape index (κ3) is 41.2. The van der Waals surface area contributed by atoms with E-state index in [1.54, 1.807) is 0 Å². The van der Waals surface area contributed by atoms with Crippen LogP contribution in [0, 0.1) is 0 Å². The number of carboxylic acid groups (broad SMARTS) is 1. The second-order valence-corrected chi connectivity index (χ2v) is 0.871. The first-order valence-corrected chi connectivity index (χ1v) is 1.64. The van der Waals surface area contributed by atoms with Gasteiger partial charge < -0.3 is 31.6 Å². The number of rotatable bonds is 3. The summed E-state index contributed by atoms with van der Waals surface area (Å²) in [7, 11) is 0. The Morgan fingerprint density at radius 2 is 1.73 bits per heavy atom. The Morgan fingerprint density at radius 3 is 1.82 bits per heavy atom. The quantitative estimate of drug-likeness (QED) is 0.336. The zero-order chi connectivity index (χ0) is 5.70. The van der Waals surface area contributed by atoms with Gasteiger partial charge in [0, 0.05) is 0 Å². The molecule has 7 N–H and O–H groups in total. The van der Waals surface area contributed by atoms with Gasteiger partial charge in [-0.3, -0.25) is 4.79 Å². The second-order valence-electron chi connectivity index (χ2n) is 0.871. The molecule has 0 saturated carbocycles. The van der Waals surface area contributed by atoms with Crippen LogP contribution >= 0.6 is 0 Å². The van der Waals surface area contributed by atoms with Crippen molar-refractivity contribution in [2.75, 3.05) is 6.54 Å². The summed E-state index contributed by atoms with van der Waals surface area (Å²) in [5.74, 6) is -1.29. The number of aliphatic carboxylic acids is 1. The molecule has 8 heteroatoms. The molecule has 0 aromatic heterocycles. The van der Waals surface area contributed by atoms with Crippen LogP contribution in [0.1, 0.15) is 0 Å². The van der Waals surface area contributed by atoms with Crippen molar-refractivity contribution in [2.24, 2.45) is 0 Å². The number of hydrogen-bond acceptors (Lipinski definition) is 3. The molecule has 0 spiro atoms. The van der Waals surface area contributed by atoms with Crippen LogP contribution in [0.2, 0.25) is 0 Å². The number of carboxylic acids is 1. The predicted molar refractivity (Wildman–Crippen MR) is 29.9 cm³/mol. The summed E-state index contributed by atoms with van der Waals surface area (Å²) in [5, 5.41) is 11.3. The molecule has 0 aliphatic heterocycles. The number of carbonyl (C=O) groups excluding carboxylic acids is 2. The Balaban J connectivity index is -0.0000000300. The van der Waals surface area contributed by atoms with Gasteiger partial charge >= 0.3 is 29.6 Å². The van der Waals surface area contributed by atoms with Gasteiger partial charge in [0.15, 0.2) is 0 Å². The number of nitrogens with one attached hydrogen (secondary N) is 1. The molecule has 0 saturated heterocycles. The molecule has 1 amide bonds. The Bertz CT molecular complexity index is 87.9. The van der Waals surface area contributed by atoms with Crippen LogP contribution in [0.3, 0.4) is 0 Å². The van der Waals surface area contributed by atoms with E-state index in [-0.39, 0.29) is 46.0 Å². The molecule has 7 nitrogen and oxygen atoms in total. The average Bonchev–Trinajstić information content (AvgIpc) is 1.61. The van der Waals surface area contributed by atoms with E-state index in [2.05, 4.69) is 0 Å². The summed E-state index contributed by atoms with van der Waals surface area (Å²) in [6.07, 6.45) is 0.301. The van der Waals surface area contributed by atoms with Gasteiger partial charge in [-0.2, -0.15) is 0 Å². The van der Waals surface area contributed by atoms with Gasteiger partial charge in [-0.25, -0.2) is 0 Å². The van der Waals surface area contributed by atoms with Crippen LogP contribution in [-0.4, -0.2) is 35.4 Å². The Morgan fingerprint density at radius 1 is 1.36 bits per heavy atom. The molecule has 0 aromatic rings. The maximum absolute atomic E-state index is 9.43. The van der Waals surface area contributed by atoms with Crippen molar-refractivity contribution in [3.63, 3.8) is 0 Å². The van der Waals surface area contributed by atoms with Crippen LogP contribution in [0.5, 0.6) is 0 Å². The number of carbonyl (C=O) groups is 2. The topological polar surface area (TPSA) is 164 Å². The molecule has 64 valence electrons. The van der Waals surface area contributed by atoms with Crippen molar-refractivity contribution in [3.05, 3.63) is 0 Å². The molecular formula is C3H10NNaO6. The van der Waals surface area contributed by atoms with Crippen molar-refractivity contribution in [2.45, 2.75) is 0 Å². The molecule has 0 fully saturated rings. The molecule has 0 aromatic carbocycles. The van der Waals surface area contributed by atoms with E-state index < -0.39 is 12.5 Å². The van der Waals surface area contributed by atoms with Crippen LogP contribution < -0.4 is 40.0 Å². The second kappa shape index (κ2) is 22.6.